The van der Waals surface area contributed by atoms with E-state index in [9.17, 15) is 9.90 Å². The highest BCUT2D eigenvalue weighted by atomic mass is 16.3. The summed E-state index contributed by atoms with van der Waals surface area (Å²) in [6.45, 7) is 5.45. The van der Waals surface area contributed by atoms with Gasteiger partial charge in [0.05, 0.1) is 23.4 Å². The Labute approximate surface area is 95.5 Å². The van der Waals surface area contributed by atoms with Crippen molar-refractivity contribution in [2.75, 3.05) is 6.61 Å². The van der Waals surface area contributed by atoms with Crippen LogP contribution in [0.2, 0.25) is 0 Å². The molecular weight excluding hydrogens is 206 g/mol. The van der Waals surface area contributed by atoms with Crippen LogP contribution in [-0.4, -0.2) is 32.9 Å². The minimum atomic E-state index is -0.570. The van der Waals surface area contributed by atoms with Gasteiger partial charge in [-0.25, -0.2) is 0 Å². The SMILES string of the molecule is CCC(C)(CO)NC(=O)c1cn(C)nc1C. The van der Waals surface area contributed by atoms with E-state index >= 15 is 0 Å². The van der Waals surface area contributed by atoms with Gasteiger partial charge < -0.3 is 10.4 Å². The molecule has 0 saturated carbocycles. The van der Waals surface area contributed by atoms with Gasteiger partial charge in [0.15, 0.2) is 0 Å². The minimum Gasteiger partial charge on any atom is -0.394 e. The summed E-state index contributed by atoms with van der Waals surface area (Å²) in [5.41, 5.74) is 0.673. The number of amides is 1. The fourth-order valence-electron chi connectivity index (χ4n) is 1.40. The van der Waals surface area contributed by atoms with Crippen molar-refractivity contribution in [3.05, 3.63) is 17.5 Å². The van der Waals surface area contributed by atoms with Crippen LogP contribution in [-0.2, 0) is 7.05 Å². The number of nitrogens with one attached hydrogen (secondary N) is 1. The Morgan fingerprint density at radius 3 is 2.69 bits per heavy atom. The molecule has 0 aromatic carbocycles. The van der Waals surface area contributed by atoms with Crippen molar-refractivity contribution in [3.8, 4) is 0 Å². The molecule has 1 amide bonds. The molecule has 0 fully saturated rings. The van der Waals surface area contributed by atoms with E-state index in [1.807, 2.05) is 13.8 Å². The molecule has 1 aromatic heterocycles. The average Bonchev–Trinajstić information content (AvgIpc) is 2.57. The van der Waals surface area contributed by atoms with E-state index in [0.29, 0.717) is 17.7 Å². The molecule has 0 spiro atoms. The van der Waals surface area contributed by atoms with E-state index in [4.69, 9.17) is 0 Å². The summed E-state index contributed by atoms with van der Waals surface area (Å²) >= 11 is 0. The molecule has 0 saturated heterocycles. The molecule has 1 aromatic rings. The number of aryl methyl sites for hydroxylation is 2. The number of carbonyl (C=O) groups is 1. The Morgan fingerprint density at radius 1 is 1.69 bits per heavy atom. The van der Waals surface area contributed by atoms with Crippen LogP contribution >= 0.6 is 0 Å². The summed E-state index contributed by atoms with van der Waals surface area (Å²) in [6, 6.07) is 0. The maximum absolute atomic E-state index is 11.9. The van der Waals surface area contributed by atoms with Crippen molar-refractivity contribution < 1.29 is 9.90 Å². The Hall–Kier alpha value is -1.36. The molecule has 1 atom stereocenters. The number of aromatic nitrogens is 2. The molecule has 5 nitrogen and oxygen atoms in total. The first-order valence-corrected chi connectivity index (χ1v) is 5.35. The predicted octanol–water partition coefficient (Wildman–Crippen LogP) is 0.619. The predicted molar refractivity (Wildman–Crippen MR) is 61.2 cm³/mol. The number of nitrogens with zero attached hydrogens (tertiary/aromatic N) is 2. The first-order valence-electron chi connectivity index (χ1n) is 5.35. The summed E-state index contributed by atoms with van der Waals surface area (Å²) in [5, 5.41) is 16.1. The molecule has 0 aliphatic rings. The van der Waals surface area contributed by atoms with E-state index in [0.717, 1.165) is 0 Å². The summed E-state index contributed by atoms with van der Waals surface area (Å²) < 4.78 is 1.60. The standard InChI is InChI=1S/C11H19N3O2/c1-5-11(3,7-15)12-10(16)9-6-14(4)13-8(9)2/h6,15H,5,7H2,1-4H3,(H,12,16). The fraction of sp³-hybridized carbons (Fsp3) is 0.636. The van der Waals surface area contributed by atoms with Crippen molar-refractivity contribution in [1.82, 2.24) is 15.1 Å². The second-order valence-corrected chi connectivity index (χ2v) is 4.33. The van der Waals surface area contributed by atoms with Crippen molar-refractivity contribution in [3.63, 3.8) is 0 Å². The lowest BCUT2D eigenvalue weighted by atomic mass is 10.00. The lowest BCUT2D eigenvalue weighted by Crippen LogP contribution is -2.48. The quantitative estimate of drug-likeness (QED) is 0.789. The molecule has 0 aliphatic carbocycles. The lowest BCUT2D eigenvalue weighted by Gasteiger charge is -2.26. The maximum Gasteiger partial charge on any atom is 0.255 e. The van der Waals surface area contributed by atoms with Crippen LogP contribution in [0.25, 0.3) is 0 Å². The second-order valence-electron chi connectivity index (χ2n) is 4.33. The van der Waals surface area contributed by atoms with Crippen molar-refractivity contribution >= 4 is 5.91 Å². The molecule has 0 bridgehead atoms. The number of rotatable bonds is 4. The van der Waals surface area contributed by atoms with Crippen LogP contribution in [0.1, 0.15) is 36.3 Å². The Bertz CT molecular complexity index is 381. The summed E-state index contributed by atoms with van der Waals surface area (Å²) in [6.07, 6.45) is 2.35. The topological polar surface area (TPSA) is 67.2 Å². The number of hydrogen-bond acceptors (Lipinski definition) is 3. The Balaban J connectivity index is 2.84. The molecule has 0 radical (unpaired) electrons. The highest BCUT2D eigenvalue weighted by Crippen LogP contribution is 2.11. The molecule has 2 N–H and O–H groups in total. The van der Waals surface area contributed by atoms with Crippen LogP contribution in [0.3, 0.4) is 0 Å². The zero-order valence-electron chi connectivity index (χ0n) is 10.2. The fourth-order valence-corrected chi connectivity index (χ4v) is 1.40. The van der Waals surface area contributed by atoms with Gasteiger partial charge in [0.25, 0.3) is 5.91 Å². The van der Waals surface area contributed by atoms with Crippen molar-refractivity contribution in [2.24, 2.45) is 7.05 Å². The highest BCUT2D eigenvalue weighted by molar-refractivity contribution is 5.95. The second kappa shape index (κ2) is 4.65. The monoisotopic (exact) mass is 225 g/mol. The zero-order chi connectivity index (χ0) is 12.3. The van der Waals surface area contributed by atoms with Gasteiger partial charge >= 0.3 is 0 Å². The van der Waals surface area contributed by atoms with Crippen LogP contribution in [0.4, 0.5) is 0 Å². The van der Waals surface area contributed by atoms with E-state index in [1.165, 1.54) is 0 Å². The van der Waals surface area contributed by atoms with Gasteiger partial charge in [0.1, 0.15) is 0 Å². The molecule has 1 unspecified atom stereocenters. The van der Waals surface area contributed by atoms with Gasteiger partial charge in [-0.05, 0) is 20.3 Å². The van der Waals surface area contributed by atoms with Gasteiger partial charge in [0, 0.05) is 13.2 Å². The lowest BCUT2D eigenvalue weighted by molar-refractivity contribution is 0.0846. The van der Waals surface area contributed by atoms with Crippen LogP contribution in [0, 0.1) is 6.92 Å². The van der Waals surface area contributed by atoms with Crippen LogP contribution in [0.15, 0.2) is 6.20 Å². The van der Waals surface area contributed by atoms with Gasteiger partial charge in [0.2, 0.25) is 0 Å². The zero-order valence-corrected chi connectivity index (χ0v) is 10.2. The third-order valence-corrected chi connectivity index (χ3v) is 2.80. The summed E-state index contributed by atoms with van der Waals surface area (Å²) in [5.74, 6) is -0.191. The Kier molecular flexibility index (Phi) is 3.70. The molecule has 90 valence electrons. The number of aliphatic hydroxyl groups is 1. The number of aliphatic hydroxyl groups excluding tert-OH is 1. The normalized spacial score (nSPS) is 14.6. The Morgan fingerprint density at radius 2 is 2.31 bits per heavy atom. The molecule has 1 rings (SSSR count). The van der Waals surface area contributed by atoms with Gasteiger partial charge in [-0.15, -0.1) is 0 Å². The van der Waals surface area contributed by atoms with E-state index in [2.05, 4.69) is 10.4 Å². The number of carbonyl (C=O) groups excluding carboxylic acids is 1. The number of hydrogen-bond donors (Lipinski definition) is 2. The maximum atomic E-state index is 11.9. The third kappa shape index (κ3) is 2.61. The largest absolute Gasteiger partial charge is 0.394 e. The summed E-state index contributed by atoms with van der Waals surface area (Å²) in [7, 11) is 1.77. The van der Waals surface area contributed by atoms with Crippen molar-refractivity contribution in [2.45, 2.75) is 32.7 Å². The molecular formula is C11H19N3O2. The van der Waals surface area contributed by atoms with Gasteiger partial charge in [-0.1, -0.05) is 6.92 Å². The first-order chi connectivity index (χ1) is 7.41. The molecule has 5 heteroatoms. The van der Waals surface area contributed by atoms with Crippen molar-refractivity contribution in [1.29, 1.82) is 0 Å². The van der Waals surface area contributed by atoms with Crippen LogP contribution < -0.4 is 5.32 Å². The minimum absolute atomic E-state index is 0.0749. The smallest absolute Gasteiger partial charge is 0.255 e. The first kappa shape index (κ1) is 12.7. The van der Waals surface area contributed by atoms with E-state index < -0.39 is 5.54 Å². The van der Waals surface area contributed by atoms with E-state index in [1.54, 1.807) is 24.9 Å². The summed E-state index contributed by atoms with van der Waals surface area (Å²) in [4.78, 5) is 11.9. The highest BCUT2D eigenvalue weighted by Gasteiger charge is 2.25. The van der Waals surface area contributed by atoms with E-state index in [-0.39, 0.29) is 12.5 Å². The van der Waals surface area contributed by atoms with Crippen LogP contribution in [0.5, 0.6) is 0 Å². The third-order valence-electron chi connectivity index (χ3n) is 2.80. The average molecular weight is 225 g/mol. The molecule has 1 heterocycles. The molecule has 16 heavy (non-hydrogen) atoms. The van der Waals surface area contributed by atoms with Gasteiger partial charge in [-0.2, -0.15) is 5.10 Å². The molecule has 0 aliphatic heterocycles. The van der Waals surface area contributed by atoms with Gasteiger partial charge in [-0.3, -0.25) is 9.48 Å².